The second-order valence-electron chi connectivity index (χ2n) is 5.48. The third-order valence-electron chi connectivity index (χ3n) is 4.12. The lowest BCUT2D eigenvalue weighted by atomic mass is 9.80. The van der Waals surface area contributed by atoms with E-state index in [-0.39, 0.29) is 0 Å². The lowest BCUT2D eigenvalue weighted by Crippen LogP contribution is -2.31. The fraction of sp³-hybridized carbons (Fsp3) is 0.280. The van der Waals surface area contributed by atoms with Crippen molar-refractivity contribution in [2.75, 3.05) is 7.11 Å². The van der Waals surface area contributed by atoms with Crippen LogP contribution in [0, 0.1) is 6.92 Å². The minimum Gasteiger partial charge on any atom is -0.364 e. The normalized spacial score (nSPS) is 10.1. The highest BCUT2D eigenvalue weighted by Gasteiger charge is 2.36. The maximum atomic E-state index is 6.14. The van der Waals surface area contributed by atoms with Crippen molar-refractivity contribution in [1.82, 2.24) is 0 Å². The van der Waals surface area contributed by atoms with Crippen molar-refractivity contribution in [2.24, 2.45) is 0 Å². The van der Waals surface area contributed by atoms with Crippen molar-refractivity contribution in [1.29, 1.82) is 0 Å². The maximum absolute atomic E-state index is 6.14. The van der Waals surface area contributed by atoms with Gasteiger partial charge in [-0.1, -0.05) is 118 Å². The predicted octanol–water partition coefficient (Wildman–Crippen LogP) is 6.99. The van der Waals surface area contributed by atoms with Gasteiger partial charge in [0.15, 0.2) is 0 Å². The molecule has 0 aliphatic heterocycles. The minimum atomic E-state index is -0.587. The molecule has 138 valence electrons. The van der Waals surface area contributed by atoms with Gasteiger partial charge in [-0.25, -0.2) is 0 Å². The molecule has 0 heterocycles. The fourth-order valence-corrected chi connectivity index (χ4v) is 2.99. The molecule has 0 radical (unpaired) electrons. The first-order valence-electron chi connectivity index (χ1n) is 9.51. The number of benzene rings is 3. The molecule has 1 heteroatoms. The molecular formula is C25H32O. The Morgan fingerprint density at radius 3 is 1.23 bits per heavy atom. The predicted molar refractivity (Wildman–Crippen MR) is 114 cm³/mol. The SMILES string of the molecule is CC.CC.COC(c1ccccc1)(c1ccccc1)c1ccc(C)cc1. The largest absolute Gasteiger partial charge is 0.364 e. The van der Waals surface area contributed by atoms with Crippen LogP contribution in [0.2, 0.25) is 0 Å². The lowest BCUT2D eigenvalue weighted by molar-refractivity contribution is 0.0585. The van der Waals surface area contributed by atoms with Crippen molar-refractivity contribution < 1.29 is 4.74 Å². The van der Waals surface area contributed by atoms with Gasteiger partial charge in [0.1, 0.15) is 5.60 Å². The third-order valence-corrected chi connectivity index (χ3v) is 4.12. The number of aryl methyl sites for hydroxylation is 1. The zero-order chi connectivity index (χ0) is 19.4. The Labute approximate surface area is 159 Å². The molecule has 0 saturated heterocycles. The molecule has 1 nitrogen and oxygen atoms in total. The quantitative estimate of drug-likeness (QED) is 0.462. The number of ether oxygens (including phenoxy) is 1. The molecule has 0 saturated carbocycles. The summed E-state index contributed by atoms with van der Waals surface area (Å²) in [5, 5.41) is 0. The Kier molecular flexibility index (Phi) is 9.40. The van der Waals surface area contributed by atoms with Crippen LogP contribution in [0.15, 0.2) is 84.9 Å². The number of hydrogen-bond donors (Lipinski definition) is 0. The van der Waals surface area contributed by atoms with Crippen molar-refractivity contribution in [3.63, 3.8) is 0 Å². The zero-order valence-corrected chi connectivity index (χ0v) is 17.0. The van der Waals surface area contributed by atoms with Crippen LogP contribution in [0.25, 0.3) is 0 Å². The summed E-state index contributed by atoms with van der Waals surface area (Å²) in [5.74, 6) is 0. The van der Waals surface area contributed by atoms with E-state index in [1.165, 1.54) is 5.56 Å². The summed E-state index contributed by atoms with van der Waals surface area (Å²) < 4.78 is 6.14. The molecule has 3 rings (SSSR count). The van der Waals surface area contributed by atoms with Crippen LogP contribution in [0.5, 0.6) is 0 Å². The highest BCUT2D eigenvalue weighted by atomic mass is 16.5. The van der Waals surface area contributed by atoms with E-state index in [0.29, 0.717) is 0 Å². The zero-order valence-electron chi connectivity index (χ0n) is 17.0. The fourth-order valence-electron chi connectivity index (χ4n) is 2.99. The molecule has 0 aliphatic rings. The van der Waals surface area contributed by atoms with Crippen LogP contribution in [0.3, 0.4) is 0 Å². The highest BCUT2D eigenvalue weighted by Crippen LogP contribution is 2.39. The average molecular weight is 349 g/mol. The van der Waals surface area contributed by atoms with Gasteiger partial charge >= 0.3 is 0 Å². The average Bonchev–Trinajstić information content (AvgIpc) is 2.75. The maximum Gasteiger partial charge on any atom is 0.143 e. The molecule has 0 bridgehead atoms. The van der Waals surface area contributed by atoms with Crippen LogP contribution >= 0.6 is 0 Å². The van der Waals surface area contributed by atoms with Crippen LogP contribution in [-0.4, -0.2) is 7.11 Å². The molecule has 0 fully saturated rings. The smallest absolute Gasteiger partial charge is 0.143 e. The molecule has 0 amide bonds. The van der Waals surface area contributed by atoms with Crippen LogP contribution in [0.1, 0.15) is 49.9 Å². The van der Waals surface area contributed by atoms with E-state index >= 15 is 0 Å². The summed E-state index contributed by atoms with van der Waals surface area (Å²) in [6.45, 7) is 10.1. The lowest BCUT2D eigenvalue weighted by Gasteiger charge is -2.34. The van der Waals surface area contributed by atoms with E-state index in [9.17, 15) is 0 Å². The van der Waals surface area contributed by atoms with E-state index < -0.39 is 5.60 Å². The number of methoxy groups -OCH3 is 1. The van der Waals surface area contributed by atoms with Crippen LogP contribution < -0.4 is 0 Å². The molecule has 0 unspecified atom stereocenters. The molecule has 3 aromatic rings. The molecule has 0 N–H and O–H groups in total. The minimum absolute atomic E-state index is 0.587. The van der Waals surface area contributed by atoms with Crippen molar-refractivity contribution in [2.45, 2.75) is 40.2 Å². The van der Waals surface area contributed by atoms with E-state index in [2.05, 4.69) is 79.7 Å². The molecule has 0 aromatic heterocycles. The first-order chi connectivity index (χ1) is 12.8. The molecule has 26 heavy (non-hydrogen) atoms. The van der Waals surface area contributed by atoms with Crippen molar-refractivity contribution in [3.05, 3.63) is 107 Å². The highest BCUT2D eigenvalue weighted by molar-refractivity contribution is 5.47. The topological polar surface area (TPSA) is 9.23 Å². The Morgan fingerprint density at radius 1 is 0.538 bits per heavy atom. The summed E-state index contributed by atoms with van der Waals surface area (Å²) in [6.07, 6.45) is 0. The summed E-state index contributed by atoms with van der Waals surface area (Å²) >= 11 is 0. The van der Waals surface area contributed by atoms with Gasteiger partial charge in [-0.3, -0.25) is 0 Å². The Morgan fingerprint density at radius 2 is 0.885 bits per heavy atom. The number of rotatable bonds is 4. The van der Waals surface area contributed by atoms with Gasteiger partial charge in [0.05, 0.1) is 0 Å². The summed E-state index contributed by atoms with van der Waals surface area (Å²) in [5.41, 5.74) is 4.06. The van der Waals surface area contributed by atoms with Crippen LogP contribution in [-0.2, 0) is 10.3 Å². The van der Waals surface area contributed by atoms with Gasteiger partial charge in [0.25, 0.3) is 0 Å². The molecule has 0 aliphatic carbocycles. The second kappa shape index (κ2) is 11.3. The van der Waals surface area contributed by atoms with E-state index in [1.54, 1.807) is 7.11 Å². The van der Waals surface area contributed by atoms with Gasteiger partial charge in [-0.15, -0.1) is 0 Å². The monoisotopic (exact) mass is 348 g/mol. The Hall–Kier alpha value is -2.38. The summed E-state index contributed by atoms with van der Waals surface area (Å²) in [6, 6.07) is 29.3. The van der Waals surface area contributed by atoms with Gasteiger partial charge in [-0.05, 0) is 23.6 Å². The molecular weight excluding hydrogens is 316 g/mol. The van der Waals surface area contributed by atoms with Crippen molar-refractivity contribution >= 4 is 0 Å². The van der Waals surface area contributed by atoms with Gasteiger partial charge < -0.3 is 4.74 Å². The summed E-state index contributed by atoms with van der Waals surface area (Å²) in [7, 11) is 1.78. The van der Waals surface area contributed by atoms with Gasteiger partial charge in [0.2, 0.25) is 0 Å². The first kappa shape index (κ1) is 21.7. The van der Waals surface area contributed by atoms with Gasteiger partial charge in [-0.2, -0.15) is 0 Å². The second-order valence-corrected chi connectivity index (χ2v) is 5.48. The molecule has 3 aromatic carbocycles. The van der Waals surface area contributed by atoms with E-state index in [1.807, 2.05) is 39.8 Å². The third kappa shape index (κ3) is 4.62. The number of hydrogen-bond acceptors (Lipinski definition) is 1. The molecule has 0 spiro atoms. The van der Waals surface area contributed by atoms with E-state index in [4.69, 9.17) is 4.74 Å². The molecule has 0 atom stereocenters. The van der Waals surface area contributed by atoms with Gasteiger partial charge in [0, 0.05) is 7.11 Å². The standard InChI is InChI=1S/C21H20O.2C2H6/c1-17-13-15-20(16-14-17)21(22-2,18-9-5-3-6-10-18)19-11-7-4-8-12-19;2*1-2/h3-16H,1-2H3;2*1-2H3. The first-order valence-corrected chi connectivity index (χ1v) is 9.51. The van der Waals surface area contributed by atoms with Crippen LogP contribution in [0.4, 0.5) is 0 Å². The summed E-state index contributed by atoms with van der Waals surface area (Å²) in [4.78, 5) is 0. The van der Waals surface area contributed by atoms with E-state index in [0.717, 1.165) is 16.7 Å². The Bertz CT molecular complexity index is 676. The Balaban J connectivity index is 0.000000791. The van der Waals surface area contributed by atoms with Crippen molar-refractivity contribution in [3.8, 4) is 0 Å².